The molecule has 0 bridgehead atoms. The number of nitrogens with one attached hydrogen (secondary N) is 2. The van der Waals surface area contributed by atoms with Crippen molar-refractivity contribution < 1.29 is 14.4 Å². The maximum absolute atomic E-state index is 13.2. The molecule has 0 radical (unpaired) electrons. The van der Waals surface area contributed by atoms with Crippen molar-refractivity contribution in [1.82, 2.24) is 20.4 Å². The minimum atomic E-state index is -0.663. The molecular formula is C22H27ClN4O3. The summed E-state index contributed by atoms with van der Waals surface area (Å²) in [5.74, 6) is -0.00989. The summed E-state index contributed by atoms with van der Waals surface area (Å²) in [6.45, 7) is 8.83. The van der Waals surface area contributed by atoms with Crippen molar-refractivity contribution in [3.8, 4) is 0 Å². The maximum atomic E-state index is 13.2. The Kier molecular flexibility index (Phi) is 6.82. The van der Waals surface area contributed by atoms with Crippen LogP contribution in [-0.4, -0.2) is 53.8 Å². The second kappa shape index (κ2) is 9.34. The Morgan fingerprint density at radius 1 is 1.37 bits per heavy atom. The molecule has 0 unspecified atom stereocenters. The molecule has 7 nitrogen and oxygen atoms in total. The van der Waals surface area contributed by atoms with Crippen molar-refractivity contribution in [2.45, 2.75) is 26.3 Å². The van der Waals surface area contributed by atoms with Crippen LogP contribution in [-0.2, 0) is 9.59 Å². The third-order valence-corrected chi connectivity index (χ3v) is 5.55. The number of hydrogen-bond acceptors (Lipinski definition) is 3. The summed E-state index contributed by atoms with van der Waals surface area (Å²) in [6.07, 6.45) is 2.47. The van der Waals surface area contributed by atoms with Gasteiger partial charge >= 0.3 is 6.03 Å². The third-order valence-electron chi connectivity index (χ3n) is 5.20. The van der Waals surface area contributed by atoms with Crippen molar-refractivity contribution in [3.63, 3.8) is 0 Å². The Bertz CT molecular complexity index is 896. The van der Waals surface area contributed by atoms with Crippen molar-refractivity contribution in [3.05, 3.63) is 58.8 Å². The predicted octanol–water partition coefficient (Wildman–Crippen LogP) is 2.85. The number of carbonyl (C=O) groups is 3. The van der Waals surface area contributed by atoms with E-state index in [4.69, 9.17) is 11.6 Å². The number of hydrogen-bond donors (Lipinski definition) is 2. The highest BCUT2D eigenvalue weighted by Gasteiger charge is 2.44. The molecular weight excluding hydrogens is 404 g/mol. The smallest absolute Gasteiger partial charge is 0.322 e. The molecule has 1 aromatic carbocycles. The minimum absolute atomic E-state index is 0.0602. The van der Waals surface area contributed by atoms with E-state index in [1.54, 1.807) is 24.3 Å². The summed E-state index contributed by atoms with van der Waals surface area (Å²) < 4.78 is 0. The lowest BCUT2D eigenvalue weighted by molar-refractivity contribution is -0.131. The van der Waals surface area contributed by atoms with E-state index in [1.807, 2.05) is 6.07 Å². The monoisotopic (exact) mass is 430 g/mol. The van der Waals surface area contributed by atoms with Crippen LogP contribution in [0.15, 0.2) is 48.2 Å². The van der Waals surface area contributed by atoms with Gasteiger partial charge in [0.2, 0.25) is 5.91 Å². The summed E-state index contributed by atoms with van der Waals surface area (Å²) in [5.41, 5.74) is 1.68. The highest BCUT2D eigenvalue weighted by molar-refractivity contribution is 6.31. The predicted molar refractivity (Wildman–Crippen MR) is 116 cm³/mol. The number of nitrogens with zero attached hydrogens (tertiary/aromatic N) is 2. The number of halogens is 1. The average molecular weight is 431 g/mol. The summed E-state index contributed by atoms with van der Waals surface area (Å²) in [5, 5.41) is 6.20. The first kappa shape index (κ1) is 21.9. The van der Waals surface area contributed by atoms with Crippen LogP contribution in [0.1, 0.15) is 31.9 Å². The van der Waals surface area contributed by atoms with Crippen molar-refractivity contribution >= 4 is 29.4 Å². The van der Waals surface area contributed by atoms with Gasteiger partial charge in [-0.15, -0.1) is 6.58 Å². The van der Waals surface area contributed by atoms with Gasteiger partial charge in [-0.05, 0) is 24.0 Å². The van der Waals surface area contributed by atoms with Crippen molar-refractivity contribution in [1.29, 1.82) is 0 Å². The van der Waals surface area contributed by atoms with Gasteiger partial charge in [0.25, 0.3) is 5.91 Å². The third kappa shape index (κ3) is 4.51. The van der Waals surface area contributed by atoms with Crippen LogP contribution >= 0.6 is 11.6 Å². The topological polar surface area (TPSA) is 81.8 Å². The molecule has 0 aliphatic carbocycles. The number of urea groups is 1. The largest absolute Gasteiger partial charge is 0.355 e. The summed E-state index contributed by atoms with van der Waals surface area (Å²) >= 11 is 6.35. The number of amides is 4. The van der Waals surface area contributed by atoms with Gasteiger partial charge in [0.15, 0.2) is 0 Å². The first-order valence-corrected chi connectivity index (χ1v) is 10.4. The van der Waals surface area contributed by atoms with Crippen LogP contribution in [0.4, 0.5) is 4.79 Å². The lowest BCUT2D eigenvalue weighted by Crippen LogP contribution is -2.47. The highest BCUT2D eigenvalue weighted by atomic mass is 35.5. The summed E-state index contributed by atoms with van der Waals surface area (Å²) in [4.78, 5) is 41.3. The molecule has 0 aromatic heterocycles. The standard InChI is InChI=1S/C22H27ClN4O3/c1-4-11-27-17-12-26(13-18(28)24-10-9-14(2)3)21(29)19(17)20(25-22(27)30)15-7-5-6-8-16(15)23/h4-8,14,20H,1,9-13H2,2-3H3,(H,24,28)(H,25,30)/t20-/m1/s1. The maximum Gasteiger partial charge on any atom is 0.322 e. The van der Waals surface area contributed by atoms with Crippen molar-refractivity contribution in [2.75, 3.05) is 26.2 Å². The Balaban J connectivity index is 1.85. The van der Waals surface area contributed by atoms with Gasteiger partial charge in [-0.1, -0.05) is 49.7 Å². The van der Waals surface area contributed by atoms with E-state index in [0.29, 0.717) is 34.3 Å². The summed E-state index contributed by atoms with van der Waals surface area (Å²) in [6, 6.07) is 6.12. The zero-order chi connectivity index (χ0) is 21.8. The Morgan fingerprint density at radius 3 is 2.77 bits per heavy atom. The zero-order valence-corrected chi connectivity index (χ0v) is 18.0. The van der Waals surface area contributed by atoms with Crippen LogP contribution in [0.3, 0.4) is 0 Å². The first-order valence-electron chi connectivity index (χ1n) is 10.1. The highest BCUT2D eigenvalue weighted by Crippen LogP contribution is 2.38. The molecule has 160 valence electrons. The minimum Gasteiger partial charge on any atom is -0.355 e. The molecule has 0 spiro atoms. The number of carbonyl (C=O) groups excluding carboxylic acids is 3. The van der Waals surface area contributed by atoms with E-state index >= 15 is 0 Å². The number of rotatable bonds is 8. The molecule has 8 heteroatoms. The fraction of sp³-hybridized carbons (Fsp3) is 0.409. The normalized spacial score (nSPS) is 18.6. The van der Waals surface area contributed by atoms with E-state index in [1.165, 1.54) is 9.80 Å². The van der Waals surface area contributed by atoms with E-state index in [2.05, 4.69) is 31.1 Å². The Hall–Kier alpha value is -2.80. The molecule has 2 aliphatic rings. The average Bonchev–Trinajstić information content (AvgIpc) is 3.00. The zero-order valence-electron chi connectivity index (χ0n) is 17.3. The molecule has 1 aromatic rings. The first-order chi connectivity index (χ1) is 14.3. The van der Waals surface area contributed by atoms with E-state index in [0.717, 1.165) is 6.42 Å². The second-order valence-corrected chi connectivity index (χ2v) is 8.26. The quantitative estimate of drug-likeness (QED) is 0.622. The Morgan fingerprint density at radius 2 is 2.10 bits per heavy atom. The second-order valence-electron chi connectivity index (χ2n) is 7.86. The van der Waals surface area contributed by atoms with E-state index in [9.17, 15) is 14.4 Å². The fourth-order valence-corrected chi connectivity index (χ4v) is 3.92. The van der Waals surface area contributed by atoms with Gasteiger partial charge in [0, 0.05) is 18.1 Å². The molecule has 0 saturated carbocycles. The lowest BCUT2D eigenvalue weighted by atomic mass is 9.95. The molecule has 0 fully saturated rings. The van der Waals surface area contributed by atoms with Gasteiger partial charge in [-0.2, -0.15) is 0 Å². The fourth-order valence-electron chi connectivity index (χ4n) is 3.67. The molecule has 2 N–H and O–H groups in total. The van der Waals surface area contributed by atoms with E-state index in [-0.39, 0.29) is 37.5 Å². The van der Waals surface area contributed by atoms with Crippen LogP contribution in [0.25, 0.3) is 0 Å². The lowest BCUT2D eigenvalue weighted by Gasteiger charge is -2.33. The van der Waals surface area contributed by atoms with E-state index < -0.39 is 6.04 Å². The molecule has 4 amide bonds. The molecule has 3 rings (SSSR count). The number of benzene rings is 1. The summed E-state index contributed by atoms with van der Waals surface area (Å²) in [7, 11) is 0. The Labute approximate surface area is 181 Å². The SMILES string of the molecule is C=CCN1C(=O)N[C@H](c2ccccc2Cl)C2=C1CN(CC(=O)NCCC(C)C)C2=O. The van der Waals surface area contributed by atoms with Gasteiger partial charge in [-0.3, -0.25) is 14.5 Å². The molecule has 2 aliphatic heterocycles. The molecule has 30 heavy (non-hydrogen) atoms. The van der Waals surface area contributed by atoms with Gasteiger partial charge in [0.1, 0.15) is 6.54 Å². The van der Waals surface area contributed by atoms with Gasteiger partial charge in [0.05, 0.1) is 23.9 Å². The van der Waals surface area contributed by atoms with Crippen LogP contribution in [0.5, 0.6) is 0 Å². The van der Waals surface area contributed by atoms with Crippen LogP contribution in [0, 0.1) is 5.92 Å². The van der Waals surface area contributed by atoms with Crippen molar-refractivity contribution in [2.24, 2.45) is 5.92 Å². The molecule has 1 atom stereocenters. The van der Waals surface area contributed by atoms with Crippen LogP contribution < -0.4 is 10.6 Å². The van der Waals surface area contributed by atoms with Gasteiger partial charge in [-0.25, -0.2) is 4.79 Å². The van der Waals surface area contributed by atoms with Gasteiger partial charge < -0.3 is 15.5 Å². The van der Waals surface area contributed by atoms with Crippen LogP contribution in [0.2, 0.25) is 5.02 Å². The molecule has 0 saturated heterocycles. The molecule has 2 heterocycles.